The molecular weight excluding hydrogens is 347 g/mol. The number of rotatable bonds is 5. The molecule has 10 heteroatoms. The van der Waals surface area contributed by atoms with Gasteiger partial charge in [0.15, 0.2) is 0 Å². The van der Waals surface area contributed by atoms with Crippen molar-refractivity contribution in [3.8, 4) is 0 Å². The van der Waals surface area contributed by atoms with Gasteiger partial charge in [0.25, 0.3) is 0 Å². The maximum atomic E-state index is 13.3. The van der Waals surface area contributed by atoms with Crippen LogP contribution in [0.1, 0.15) is 19.8 Å². The van der Waals surface area contributed by atoms with Crippen LogP contribution in [0.25, 0.3) is 0 Å². The lowest BCUT2D eigenvalue weighted by molar-refractivity contribution is -0.387. The molecule has 0 unspecified atom stereocenters. The molecule has 0 spiro atoms. The van der Waals surface area contributed by atoms with Gasteiger partial charge in [-0.3, -0.25) is 24.5 Å². The standard InChI is InChI=1S/C16H19FN4O5/c1-11(22)19-6-8-20(9-7-19)16(24)5-4-15(23)18-12-2-3-13(17)14(10-12)21(25)26/h2-3,10H,4-9H2,1H3,(H,18,23). The van der Waals surface area contributed by atoms with Gasteiger partial charge in [0.05, 0.1) is 4.92 Å². The van der Waals surface area contributed by atoms with Crippen LogP contribution in [0.2, 0.25) is 0 Å². The zero-order chi connectivity index (χ0) is 19.3. The maximum absolute atomic E-state index is 13.3. The van der Waals surface area contributed by atoms with Crippen molar-refractivity contribution in [2.24, 2.45) is 0 Å². The maximum Gasteiger partial charge on any atom is 0.306 e. The zero-order valence-corrected chi connectivity index (χ0v) is 14.2. The molecule has 0 radical (unpaired) electrons. The van der Waals surface area contributed by atoms with Crippen molar-refractivity contribution in [3.05, 3.63) is 34.1 Å². The average Bonchev–Trinajstić information content (AvgIpc) is 2.61. The van der Waals surface area contributed by atoms with Crippen molar-refractivity contribution in [1.29, 1.82) is 0 Å². The smallest absolute Gasteiger partial charge is 0.306 e. The largest absolute Gasteiger partial charge is 0.339 e. The number of hydrogen-bond donors (Lipinski definition) is 1. The van der Waals surface area contributed by atoms with E-state index in [0.29, 0.717) is 26.2 Å². The molecule has 1 N–H and O–H groups in total. The molecule has 2 rings (SSSR count). The number of amides is 3. The lowest BCUT2D eigenvalue weighted by Crippen LogP contribution is -2.50. The van der Waals surface area contributed by atoms with E-state index in [-0.39, 0.29) is 30.3 Å². The highest BCUT2D eigenvalue weighted by Gasteiger charge is 2.22. The number of nitro groups is 1. The fraction of sp³-hybridized carbons (Fsp3) is 0.438. The van der Waals surface area contributed by atoms with Crippen molar-refractivity contribution < 1.29 is 23.7 Å². The van der Waals surface area contributed by atoms with Gasteiger partial charge >= 0.3 is 5.69 Å². The summed E-state index contributed by atoms with van der Waals surface area (Å²) in [4.78, 5) is 48.3. The molecule has 1 aliphatic heterocycles. The topological polar surface area (TPSA) is 113 Å². The number of hydrogen-bond acceptors (Lipinski definition) is 5. The van der Waals surface area contributed by atoms with Gasteiger partial charge in [0, 0.05) is 57.7 Å². The number of carbonyl (C=O) groups is 3. The van der Waals surface area contributed by atoms with E-state index in [2.05, 4.69) is 5.32 Å². The minimum Gasteiger partial charge on any atom is -0.339 e. The van der Waals surface area contributed by atoms with Crippen LogP contribution in [0.15, 0.2) is 18.2 Å². The van der Waals surface area contributed by atoms with Gasteiger partial charge in [-0.25, -0.2) is 0 Å². The molecule has 1 aliphatic rings. The third kappa shape index (κ3) is 4.98. The van der Waals surface area contributed by atoms with Crippen LogP contribution in [0, 0.1) is 15.9 Å². The minimum atomic E-state index is -0.993. The molecule has 9 nitrogen and oxygen atoms in total. The van der Waals surface area contributed by atoms with Crippen LogP contribution in [-0.2, 0) is 14.4 Å². The van der Waals surface area contributed by atoms with E-state index in [0.717, 1.165) is 12.1 Å². The molecule has 140 valence electrons. The van der Waals surface area contributed by atoms with Crippen LogP contribution >= 0.6 is 0 Å². The van der Waals surface area contributed by atoms with Crippen LogP contribution < -0.4 is 5.32 Å². The number of benzene rings is 1. The molecule has 0 saturated carbocycles. The molecule has 0 atom stereocenters. The summed E-state index contributed by atoms with van der Waals surface area (Å²) >= 11 is 0. The Morgan fingerprint density at radius 1 is 1.15 bits per heavy atom. The molecule has 1 saturated heterocycles. The van der Waals surface area contributed by atoms with E-state index in [9.17, 15) is 28.9 Å². The van der Waals surface area contributed by atoms with Gasteiger partial charge in [-0.15, -0.1) is 0 Å². The first-order valence-corrected chi connectivity index (χ1v) is 8.05. The Morgan fingerprint density at radius 3 is 2.35 bits per heavy atom. The van der Waals surface area contributed by atoms with E-state index in [1.807, 2.05) is 0 Å². The van der Waals surface area contributed by atoms with E-state index in [4.69, 9.17) is 0 Å². The van der Waals surface area contributed by atoms with Crippen molar-refractivity contribution in [2.45, 2.75) is 19.8 Å². The summed E-state index contributed by atoms with van der Waals surface area (Å²) in [7, 11) is 0. The fourth-order valence-electron chi connectivity index (χ4n) is 2.60. The van der Waals surface area contributed by atoms with Crippen molar-refractivity contribution in [1.82, 2.24) is 9.80 Å². The summed E-state index contributed by atoms with van der Waals surface area (Å²) in [5, 5.41) is 13.1. The Morgan fingerprint density at radius 2 is 1.77 bits per heavy atom. The van der Waals surface area contributed by atoms with Crippen molar-refractivity contribution in [3.63, 3.8) is 0 Å². The average molecular weight is 366 g/mol. The summed E-state index contributed by atoms with van der Waals surface area (Å²) < 4.78 is 13.3. The van der Waals surface area contributed by atoms with E-state index in [1.54, 1.807) is 9.80 Å². The molecule has 0 aliphatic carbocycles. The SMILES string of the molecule is CC(=O)N1CCN(C(=O)CCC(=O)Nc2ccc(F)c([N+](=O)[O-])c2)CC1. The first kappa shape index (κ1) is 19.3. The lowest BCUT2D eigenvalue weighted by Gasteiger charge is -2.34. The van der Waals surface area contributed by atoms with Gasteiger partial charge in [-0.1, -0.05) is 0 Å². The Bertz CT molecular complexity index is 731. The van der Waals surface area contributed by atoms with E-state index in [1.165, 1.54) is 13.0 Å². The molecule has 1 fully saturated rings. The van der Waals surface area contributed by atoms with Gasteiger partial charge in [0.1, 0.15) is 0 Å². The van der Waals surface area contributed by atoms with E-state index < -0.39 is 22.3 Å². The second kappa shape index (κ2) is 8.37. The van der Waals surface area contributed by atoms with Crippen molar-refractivity contribution in [2.75, 3.05) is 31.5 Å². The summed E-state index contributed by atoms with van der Waals surface area (Å²) in [5.74, 6) is -1.73. The molecule has 0 bridgehead atoms. The Labute approximate surface area is 148 Å². The summed E-state index contributed by atoms with van der Waals surface area (Å²) in [6.45, 7) is 3.25. The van der Waals surface area contributed by atoms with Crippen LogP contribution in [0.5, 0.6) is 0 Å². The molecular formula is C16H19FN4O5. The first-order chi connectivity index (χ1) is 12.3. The number of piperazine rings is 1. The number of anilines is 1. The number of carbonyl (C=O) groups excluding carboxylic acids is 3. The highest BCUT2D eigenvalue weighted by molar-refractivity contribution is 5.93. The molecule has 1 aromatic rings. The molecule has 26 heavy (non-hydrogen) atoms. The Hall–Kier alpha value is -3.04. The van der Waals surface area contributed by atoms with Crippen molar-refractivity contribution >= 4 is 29.1 Å². The van der Waals surface area contributed by atoms with Gasteiger partial charge in [-0.2, -0.15) is 4.39 Å². The number of nitro benzene ring substituents is 1. The quantitative estimate of drug-likeness (QED) is 0.620. The van der Waals surface area contributed by atoms with Crippen LogP contribution in [-0.4, -0.2) is 58.6 Å². The van der Waals surface area contributed by atoms with Crippen LogP contribution in [0.4, 0.5) is 15.8 Å². The molecule has 0 aromatic heterocycles. The third-order valence-corrected chi connectivity index (χ3v) is 4.07. The van der Waals surface area contributed by atoms with Gasteiger partial charge in [0.2, 0.25) is 23.5 Å². The Balaban J connectivity index is 1.82. The first-order valence-electron chi connectivity index (χ1n) is 8.05. The van der Waals surface area contributed by atoms with Crippen LogP contribution in [0.3, 0.4) is 0 Å². The fourth-order valence-corrected chi connectivity index (χ4v) is 2.60. The predicted molar refractivity (Wildman–Crippen MR) is 89.8 cm³/mol. The lowest BCUT2D eigenvalue weighted by atomic mass is 10.2. The molecule has 1 heterocycles. The highest BCUT2D eigenvalue weighted by atomic mass is 19.1. The molecule has 3 amide bonds. The van der Waals surface area contributed by atoms with E-state index >= 15 is 0 Å². The third-order valence-electron chi connectivity index (χ3n) is 4.07. The number of nitrogens with one attached hydrogen (secondary N) is 1. The zero-order valence-electron chi connectivity index (χ0n) is 14.2. The normalized spacial score (nSPS) is 14.1. The summed E-state index contributed by atoms with van der Waals surface area (Å²) in [5.41, 5.74) is -0.646. The Kier molecular flexibility index (Phi) is 6.21. The number of halogens is 1. The second-order valence-electron chi connectivity index (χ2n) is 5.86. The molecule has 1 aromatic carbocycles. The second-order valence-corrected chi connectivity index (χ2v) is 5.86. The minimum absolute atomic E-state index is 0.0187. The summed E-state index contributed by atoms with van der Waals surface area (Å²) in [6, 6.07) is 3.03. The van der Waals surface area contributed by atoms with Gasteiger partial charge in [-0.05, 0) is 12.1 Å². The monoisotopic (exact) mass is 366 g/mol. The highest BCUT2D eigenvalue weighted by Crippen LogP contribution is 2.21. The summed E-state index contributed by atoms with van der Waals surface area (Å²) in [6.07, 6.45) is -0.119. The predicted octanol–water partition coefficient (Wildman–Crippen LogP) is 1.14. The van der Waals surface area contributed by atoms with Gasteiger partial charge < -0.3 is 15.1 Å². The number of nitrogens with zero attached hydrogens (tertiary/aromatic N) is 3.